The SMILES string of the molecule is Cc1cc(C)c(OCCOCCS(=O)(=O)Cl)c(C)c1. The van der Waals surface area contributed by atoms with Gasteiger partial charge < -0.3 is 9.47 Å². The lowest BCUT2D eigenvalue weighted by Crippen LogP contribution is -2.12. The maximum atomic E-state index is 10.7. The zero-order valence-electron chi connectivity index (χ0n) is 11.4. The molecule has 1 rings (SSSR count). The Kier molecular flexibility index (Phi) is 6.10. The van der Waals surface area contributed by atoms with Gasteiger partial charge in [0.15, 0.2) is 0 Å². The Morgan fingerprint density at radius 1 is 1.05 bits per heavy atom. The molecule has 0 aliphatic carbocycles. The van der Waals surface area contributed by atoms with Crippen LogP contribution < -0.4 is 4.74 Å². The zero-order chi connectivity index (χ0) is 14.5. The second-order valence-corrected chi connectivity index (χ2v) is 7.33. The Hall–Kier alpha value is -0.780. The van der Waals surface area contributed by atoms with Crippen molar-refractivity contribution in [2.75, 3.05) is 25.6 Å². The third-order valence-electron chi connectivity index (χ3n) is 2.55. The van der Waals surface area contributed by atoms with Crippen molar-refractivity contribution in [1.29, 1.82) is 0 Å². The Morgan fingerprint density at radius 2 is 1.63 bits per heavy atom. The van der Waals surface area contributed by atoms with E-state index in [1.807, 2.05) is 20.8 Å². The molecule has 4 nitrogen and oxygen atoms in total. The van der Waals surface area contributed by atoms with Crippen LogP contribution in [0.2, 0.25) is 0 Å². The van der Waals surface area contributed by atoms with Gasteiger partial charge in [-0.3, -0.25) is 0 Å². The number of ether oxygens (including phenoxy) is 2. The van der Waals surface area contributed by atoms with Gasteiger partial charge in [-0.2, -0.15) is 0 Å². The molecule has 0 aliphatic heterocycles. The highest BCUT2D eigenvalue weighted by Gasteiger charge is 2.06. The summed E-state index contributed by atoms with van der Waals surface area (Å²) in [6.45, 7) is 6.83. The third kappa shape index (κ3) is 6.27. The van der Waals surface area contributed by atoms with E-state index >= 15 is 0 Å². The molecule has 0 aliphatic rings. The van der Waals surface area contributed by atoms with Crippen molar-refractivity contribution in [3.8, 4) is 5.75 Å². The van der Waals surface area contributed by atoms with Crippen molar-refractivity contribution in [2.24, 2.45) is 0 Å². The Morgan fingerprint density at radius 3 is 2.16 bits per heavy atom. The standard InChI is InChI=1S/C13H19ClO4S/c1-10-8-11(2)13(12(3)9-10)18-5-4-17-6-7-19(14,15)16/h8-9H,4-7H2,1-3H3. The van der Waals surface area contributed by atoms with E-state index in [1.54, 1.807) is 0 Å². The van der Waals surface area contributed by atoms with Crippen LogP contribution in [0.1, 0.15) is 16.7 Å². The lowest BCUT2D eigenvalue weighted by atomic mass is 10.1. The Labute approximate surface area is 119 Å². The summed E-state index contributed by atoms with van der Waals surface area (Å²) in [6, 6.07) is 4.12. The second-order valence-electron chi connectivity index (χ2n) is 4.43. The van der Waals surface area contributed by atoms with E-state index in [-0.39, 0.29) is 12.4 Å². The first-order valence-electron chi connectivity index (χ1n) is 6.00. The minimum absolute atomic E-state index is 0.0844. The molecule has 0 saturated heterocycles. The lowest BCUT2D eigenvalue weighted by Gasteiger charge is -2.13. The van der Waals surface area contributed by atoms with Gasteiger partial charge in [0.05, 0.1) is 19.0 Å². The van der Waals surface area contributed by atoms with Gasteiger partial charge in [-0.25, -0.2) is 8.42 Å². The minimum atomic E-state index is -3.48. The van der Waals surface area contributed by atoms with Crippen LogP contribution in [0.3, 0.4) is 0 Å². The maximum absolute atomic E-state index is 10.7. The summed E-state index contributed by atoms with van der Waals surface area (Å²) in [4.78, 5) is 0. The molecule has 6 heteroatoms. The van der Waals surface area contributed by atoms with Crippen LogP contribution in [0.25, 0.3) is 0 Å². The van der Waals surface area contributed by atoms with Crippen molar-refractivity contribution in [3.05, 3.63) is 28.8 Å². The Balaban J connectivity index is 2.34. The molecule has 0 radical (unpaired) electrons. The molecule has 0 fully saturated rings. The smallest absolute Gasteiger partial charge is 0.234 e. The fourth-order valence-electron chi connectivity index (χ4n) is 1.86. The van der Waals surface area contributed by atoms with Gasteiger partial charge in [-0.05, 0) is 31.9 Å². The predicted octanol–water partition coefficient (Wildman–Crippen LogP) is 2.58. The van der Waals surface area contributed by atoms with Crippen LogP contribution in [0.4, 0.5) is 0 Å². The molecule has 19 heavy (non-hydrogen) atoms. The van der Waals surface area contributed by atoms with Crippen LogP contribution in [0.5, 0.6) is 5.75 Å². The van der Waals surface area contributed by atoms with Gasteiger partial charge in [0, 0.05) is 10.7 Å². The number of rotatable bonds is 7. The van der Waals surface area contributed by atoms with E-state index in [9.17, 15) is 8.42 Å². The highest BCUT2D eigenvalue weighted by molar-refractivity contribution is 8.13. The highest BCUT2D eigenvalue weighted by atomic mass is 35.7. The average Bonchev–Trinajstić information content (AvgIpc) is 2.24. The molecular formula is C13H19ClO4S. The maximum Gasteiger partial charge on any atom is 0.234 e. The van der Waals surface area contributed by atoms with E-state index in [1.165, 1.54) is 5.56 Å². The second kappa shape index (κ2) is 7.12. The molecular weight excluding hydrogens is 288 g/mol. The molecule has 0 heterocycles. The fourth-order valence-corrected chi connectivity index (χ4v) is 2.36. The fraction of sp³-hybridized carbons (Fsp3) is 0.538. The molecule has 1 aromatic carbocycles. The van der Waals surface area contributed by atoms with Crippen LogP contribution in [-0.2, 0) is 13.8 Å². The van der Waals surface area contributed by atoms with E-state index in [0.29, 0.717) is 13.2 Å². The molecule has 0 aromatic heterocycles. The third-order valence-corrected chi connectivity index (χ3v) is 3.67. The van der Waals surface area contributed by atoms with Gasteiger partial charge in [-0.1, -0.05) is 17.7 Å². The number of hydrogen-bond acceptors (Lipinski definition) is 4. The van der Waals surface area contributed by atoms with Gasteiger partial charge in [0.25, 0.3) is 0 Å². The van der Waals surface area contributed by atoms with Crippen molar-refractivity contribution < 1.29 is 17.9 Å². The zero-order valence-corrected chi connectivity index (χ0v) is 13.0. The van der Waals surface area contributed by atoms with Gasteiger partial charge in [0.2, 0.25) is 9.05 Å². The summed E-state index contributed by atoms with van der Waals surface area (Å²) in [5, 5.41) is 0. The molecule has 0 unspecified atom stereocenters. The lowest BCUT2D eigenvalue weighted by molar-refractivity contribution is 0.111. The van der Waals surface area contributed by atoms with Crippen molar-refractivity contribution >= 4 is 19.7 Å². The largest absolute Gasteiger partial charge is 0.491 e. The number of benzene rings is 1. The first-order valence-corrected chi connectivity index (χ1v) is 8.48. The van der Waals surface area contributed by atoms with E-state index in [4.69, 9.17) is 20.2 Å². The predicted molar refractivity (Wildman–Crippen MR) is 76.6 cm³/mol. The van der Waals surface area contributed by atoms with Crippen LogP contribution >= 0.6 is 10.7 Å². The number of halogens is 1. The van der Waals surface area contributed by atoms with Gasteiger partial charge >= 0.3 is 0 Å². The van der Waals surface area contributed by atoms with Gasteiger partial charge in [-0.15, -0.1) is 0 Å². The molecule has 0 bridgehead atoms. The Bertz CT molecular complexity index is 502. The molecule has 108 valence electrons. The quantitative estimate of drug-likeness (QED) is 0.574. The summed E-state index contributed by atoms with van der Waals surface area (Å²) < 4.78 is 32.1. The summed E-state index contributed by atoms with van der Waals surface area (Å²) in [6.07, 6.45) is 0. The van der Waals surface area contributed by atoms with E-state index in [2.05, 4.69) is 12.1 Å². The average molecular weight is 307 g/mol. The first kappa shape index (κ1) is 16.3. The summed E-state index contributed by atoms with van der Waals surface area (Å²) >= 11 is 0. The van der Waals surface area contributed by atoms with Crippen LogP contribution in [-0.4, -0.2) is 34.0 Å². The van der Waals surface area contributed by atoms with E-state index in [0.717, 1.165) is 16.9 Å². The summed E-state index contributed by atoms with van der Waals surface area (Å²) in [7, 11) is 1.58. The van der Waals surface area contributed by atoms with E-state index < -0.39 is 9.05 Å². The molecule has 0 saturated carbocycles. The van der Waals surface area contributed by atoms with Gasteiger partial charge in [0.1, 0.15) is 12.4 Å². The van der Waals surface area contributed by atoms with Crippen LogP contribution in [0, 0.1) is 20.8 Å². The highest BCUT2D eigenvalue weighted by Crippen LogP contribution is 2.24. The molecule has 0 atom stereocenters. The van der Waals surface area contributed by atoms with Crippen molar-refractivity contribution in [3.63, 3.8) is 0 Å². The molecule has 1 aromatic rings. The normalized spacial score (nSPS) is 11.6. The first-order chi connectivity index (χ1) is 8.79. The topological polar surface area (TPSA) is 52.6 Å². The van der Waals surface area contributed by atoms with Crippen molar-refractivity contribution in [1.82, 2.24) is 0 Å². The molecule has 0 amide bonds. The molecule has 0 spiro atoms. The van der Waals surface area contributed by atoms with Crippen LogP contribution in [0.15, 0.2) is 12.1 Å². The summed E-state index contributed by atoms with van der Waals surface area (Å²) in [5.74, 6) is 0.677. The monoisotopic (exact) mass is 306 g/mol. The summed E-state index contributed by atoms with van der Waals surface area (Å²) in [5.41, 5.74) is 3.37. The number of hydrogen-bond donors (Lipinski definition) is 0. The van der Waals surface area contributed by atoms with Crippen molar-refractivity contribution in [2.45, 2.75) is 20.8 Å². The molecule has 0 N–H and O–H groups in total. The minimum Gasteiger partial charge on any atom is -0.491 e. The number of aryl methyl sites for hydroxylation is 3.